The van der Waals surface area contributed by atoms with E-state index in [1.807, 2.05) is 0 Å². The minimum Gasteiger partial charge on any atom is -0.341 e. The van der Waals surface area contributed by atoms with Gasteiger partial charge in [0.25, 0.3) is 0 Å². The molecule has 2 fully saturated rings. The molecule has 6 rings (SSSR count). The molecular weight excluding hydrogens is 532 g/mol. The second kappa shape index (κ2) is 9.77. The van der Waals surface area contributed by atoms with Crippen LogP contribution in [0.25, 0.3) is 0 Å². The van der Waals surface area contributed by atoms with Crippen LogP contribution < -0.4 is 9.77 Å². The highest BCUT2D eigenvalue weighted by Crippen LogP contribution is 2.53. The summed E-state index contributed by atoms with van der Waals surface area (Å²) in [4.78, 5) is 56.7. The predicted molar refractivity (Wildman–Crippen MR) is 139 cm³/mol. The molecule has 3 atom stereocenters. The fourth-order valence-corrected chi connectivity index (χ4v) is 8.28. The van der Waals surface area contributed by atoms with Crippen LogP contribution in [0.5, 0.6) is 0 Å². The predicted octanol–water partition coefficient (Wildman–Crippen LogP) is 4.00. The van der Waals surface area contributed by atoms with Crippen molar-refractivity contribution in [3.05, 3.63) is 80.3 Å². The number of amides is 3. The zero-order valence-electron chi connectivity index (χ0n) is 20.1. The normalized spacial score (nSPS) is 22.9. The Morgan fingerprint density at radius 2 is 1.50 bits per heavy atom. The summed E-state index contributed by atoms with van der Waals surface area (Å²) >= 11 is 2.08. The van der Waals surface area contributed by atoms with Gasteiger partial charge in [-0.3, -0.25) is 23.7 Å². The van der Waals surface area contributed by atoms with Crippen molar-refractivity contribution >= 4 is 46.5 Å². The number of fused-ring (bicyclic) bond motifs is 2. The van der Waals surface area contributed by atoms with Gasteiger partial charge in [-0.2, -0.15) is 0 Å². The number of rotatable bonds is 4. The smallest absolute Gasteiger partial charge is 0.308 e. The largest absolute Gasteiger partial charge is 0.341 e. The Labute approximate surface area is 225 Å². The Morgan fingerprint density at radius 3 is 2.16 bits per heavy atom. The number of carbonyl (C=O) groups excluding carboxylic acids is 3. The molecule has 38 heavy (non-hydrogen) atoms. The van der Waals surface area contributed by atoms with Gasteiger partial charge in [0, 0.05) is 23.9 Å². The third-order valence-corrected chi connectivity index (χ3v) is 9.97. The van der Waals surface area contributed by atoms with Crippen LogP contribution in [-0.4, -0.2) is 45.5 Å². The fraction of sp³-hybridized carbons (Fsp3) is 0.333. The molecule has 3 aliphatic heterocycles. The summed E-state index contributed by atoms with van der Waals surface area (Å²) in [6, 6.07) is 10.8. The molecular formula is C27H23F2N3O4S2. The second-order valence-corrected chi connectivity index (χ2v) is 11.8. The molecule has 0 spiro atoms. The summed E-state index contributed by atoms with van der Waals surface area (Å²) in [7, 11) is 0. The first-order valence-electron chi connectivity index (χ1n) is 12.4. The summed E-state index contributed by atoms with van der Waals surface area (Å²) in [6.07, 6.45) is 2.91. The molecule has 4 heterocycles. The van der Waals surface area contributed by atoms with Crippen LogP contribution in [0.15, 0.2) is 58.4 Å². The lowest BCUT2D eigenvalue weighted by Gasteiger charge is -2.31. The van der Waals surface area contributed by atoms with Crippen LogP contribution in [0.2, 0.25) is 0 Å². The number of piperidine rings is 1. The number of halogens is 2. The Kier molecular flexibility index (Phi) is 6.43. The lowest BCUT2D eigenvalue weighted by molar-refractivity contribution is -0.133. The van der Waals surface area contributed by atoms with Crippen LogP contribution in [0.3, 0.4) is 0 Å². The number of thiazole rings is 1. The molecule has 0 saturated carbocycles. The number of hydrogen-bond acceptors (Lipinski definition) is 6. The van der Waals surface area contributed by atoms with Gasteiger partial charge < -0.3 is 4.90 Å². The molecule has 0 N–H and O–H groups in total. The molecule has 3 aliphatic rings. The summed E-state index contributed by atoms with van der Waals surface area (Å²) in [6.45, 7) is 1.15. The van der Waals surface area contributed by atoms with Crippen molar-refractivity contribution in [3.8, 4) is 0 Å². The second-order valence-electron chi connectivity index (χ2n) is 9.65. The Balaban J connectivity index is 1.43. The van der Waals surface area contributed by atoms with Crippen LogP contribution in [0.1, 0.15) is 35.6 Å². The Bertz CT molecular complexity index is 1480. The SMILES string of the molecule is O=C(Cn1c2c(sc1=O)C(c1ccc(F)cc1)C1C(=O)N(c3ccc(F)cc3)C(=O)C1S2)N1CCCCC1. The van der Waals surface area contributed by atoms with Crippen molar-refractivity contribution in [2.45, 2.75) is 42.0 Å². The monoisotopic (exact) mass is 555 g/mol. The van der Waals surface area contributed by atoms with E-state index >= 15 is 0 Å². The van der Waals surface area contributed by atoms with Crippen molar-refractivity contribution < 1.29 is 23.2 Å². The first-order chi connectivity index (χ1) is 18.3. The van der Waals surface area contributed by atoms with Gasteiger partial charge in [0.15, 0.2) is 0 Å². The summed E-state index contributed by atoms with van der Waals surface area (Å²) in [5, 5.41) is -0.372. The highest BCUT2D eigenvalue weighted by atomic mass is 32.2. The molecule has 2 saturated heterocycles. The fourth-order valence-electron chi connectivity index (χ4n) is 5.51. The van der Waals surface area contributed by atoms with Crippen molar-refractivity contribution in [1.82, 2.24) is 9.47 Å². The number of hydrogen-bond donors (Lipinski definition) is 0. The third-order valence-electron chi connectivity index (χ3n) is 7.37. The Hall–Kier alpha value is -3.31. The molecule has 7 nitrogen and oxygen atoms in total. The van der Waals surface area contributed by atoms with E-state index in [-0.39, 0.29) is 23.0 Å². The Morgan fingerprint density at radius 1 is 0.868 bits per heavy atom. The van der Waals surface area contributed by atoms with Gasteiger partial charge in [0.1, 0.15) is 23.4 Å². The van der Waals surface area contributed by atoms with E-state index in [1.54, 1.807) is 17.0 Å². The van der Waals surface area contributed by atoms with E-state index in [9.17, 15) is 28.0 Å². The molecule has 0 bridgehead atoms. The van der Waals surface area contributed by atoms with Crippen molar-refractivity contribution in [2.24, 2.45) is 5.92 Å². The van der Waals surface area contributed by atoms with E-state index in [1.165, 1.54) is 41.0 Å². The van der Waals surface area contributed by atoms with E-state index in [0.717, 1.165) is 47.3 Å². The number of aromatic nitrogens is 1. The molecule has 0 radical (unpaired) electrons. The minimum absolute atomic E-state index is 0.144. The van der Waals surface area contributed by atoms with E-state index in [4.69, 9.17) is 0 Å². The molecule has 1 aromatic heterocycles. The first kappa shape index (κ1) is 25.0. The number of imide groups is 1. The van der Waals surface area contributed by atoms with Crippen LogP contribution in [0.4, 0.5) is 14.5 Å². The van der Waals surface area contributed by atoms with Gasteiger partial charge in [0.2, 0.25) is 17.7 Å². The molecule has 3 unspecified atom stereocenters. The van der Waals surface area contributed by atoms with E-state index in [0.29, 0.717) is 28.6 Å². The number of nitrogens with zero attached hydrogens (tertiary/aromatic N) is 3. The zero-order chi connectivity index (χ0) is 26.6. The van der Waals surface area contributed by atoms with Gasteiger partial charge in [-0.15, -0.1) is 0 Å². The average molecular weight is 556 g/mol. The van der Waals surface area contributed by atoms with Gasteiger partial charge >= 0.3 is 4.87 Å². The maximum atomic E-state index is 13.8. The van der Waals surface area contributed by atoms with Crippen LogP contribution in [-0.2, 0) is 20.9 Å². The quantitative estimate of drug-likeness (QED) is 0.455. The number of likely N-dealkylation sites (tertiary alicyclic amines) is 1. The molecule has 0 aliphatic carbocycles. The maximum absolute atomic E-state index is 13.8. The van der Waals surface area contributed by atoms with Crippen molar-refractivity contribution in [2.75, 3.05) is 18.0 Å². The standard InChI is InChI=1S/C27H23F2N3O4S2/c28-16-6-4-15(5-7-16)20-21-22(25(35)32(24(21)34)18-10-8-17(29)9-11-18)37-26-23(20)38-27(36)31(26)14-19(33)30-12-2-1-3-13-30/h4-11,20-22H,1-3,12-14H2. The summed E-state index contributed by atoms with van der Waals surface area (Å²) in [5.74, 6) is -3.56. The van der Waals surface area contributed by atoms with E-state index < -0.39 is 40.5 Å². The van der Waals surface area contributed by atoms with Crippen molar-refractivity contribution in [1.29, 1.82) is 0 Å². The minimum atomic E-state index is -0.861. The number of anilines is 1. The number of carbonyl (C=O) groups is 3. The van der Waals surface area contributed by atoms with Crippen molar-refractivity contribution in [3.63, 3.8) is 0 Å². The van der Waals surface area contributed by atoms with Gasteiger partial charge in [-0.1, -0.05) is 35.2 Å². The molecule has 3 aromatic rings. The number of benzene rings is 2. The summed E-state index contributed by atoms with van der Waals surface area (Å²) in [5.41, 5.74) is 0.857. The highest BCUT2D eigenvalue weighted by Gasteiger charge is 2.56. The summed E-state index contributed by atoms with van der Waals surface area (Å²) < 4.78 is 28.8. The molecule has 3 amide bonds. The maximum Gasteiger partial charge on any atom is 0.308 e. The topological polar surface area (TPSA) is 79.7 Å². The molecule has 2 aromatic carbocycles. The third kappa shape index (κ3) is 4.17. The molecule has 11 heteroatoms. The lowest BCUT2D eigenvalue weighted by Crippen LogP contribution is -2.39. The first-order valence-corrected chi connectivity index (χ1v) is 14.1. The van der Waals surface area contributed by atoms with Crippen LogP contribution >= 0.6 is 23.1 Å². The van der Waals surface area contributed by atoms with Gasteiger partial charge in [-0.25, -0.2) is 13.7 Å². The number of thioether (sulfide) groups is 1. The van der Waals surface area contributed by atoms with E-state index in [2.05, 4.69) is 0 Å². The molecule has 196 valence electrons. The van der Waals surface area contributed by atoms with Gasteiger partial charge in [0.05, 0.1) is 16.6 Å². The van der Waals surface area contributed by atoms with Crippen LogP contribution in [0, 0.1) is 17.6 Å². The zero-order valence-corrected chi connectivity index (χ0v) is 21.8. The highest BCUT2D eigenvalue weighted by molar-refractivity contribution is 8.00. The lowest BCUT2D eigenvalue weighted by atomic mass is 9.83. The average Bonchev–Trinajstić information content (AvgIpc) is 3.36. The van der Waals surface area contributed by atoms with Gasteiger partial charge in [-0.05, 0) is 61.2 Å².